The summed E-state index contributed by atoms with van der Waals surface area (Å²) in [7, 11) is 0. The molecule has 1 amide bonds. The smallest absolute Gasteiger partial charge is 0.305 e. The van der Waals surface area contributed by atoms with Gasteiger partial charge in [0.05, 0.1) is 25.4 Å². The number of aliphatic hydroxyl groups is 2. The Morgan fingerprint density at radius 1 is 0.406 bits per heavy atom. The van der Waals surface area contributed by atoms with Crippen LogP contribution in [0.15, 0.2) is 24.3 Å². The number of carbonyl (C=O) groups is 2. The molecule has 2 atom stereocenters. The van der Waals surface area contributed by atoms with Crippen molar-refractivity contribution in [2.24, 2.45) is 0 Å². The van der Waals surface area contributed by atoms with Crippen molar-refractivity contribution in [3.05, 3.63) is 24.3 Å². The molecule has 0 aromatic carbocycles. The van der Waals surface area contributed by atoms with Crippen molar-refractivity contribution < 1.29 is 24.5 Å². The highest BCUT2D eigenvalue weighted by Crippen LogP contribution is 2.17. The Morgan fingerprint density at radius 3 is 1.10 bits per heavy atom. The summed E-state index contributed by atoms with van der Waals surface area (Å²) >= 11 is 0. The minimum Gasteiger partial charge on any atom is -0.466 e. The predicted molar refractivity (Wildman–Crippen MR) is 301 cm³/mol. The van der Waals surface area contributed by atoms with Gasteiger partial charge in [0, 0.05) is 12.8 Å². The molecule has 0 aliphatic carbocycles. The molecule has 408 valence electrons. The molecule has 0 heterocycles. The number of unbranched alkanes of at least 4 members (excludes halogenated alkanes) is 43. The van der Waals surface area contributed by atoms with Crippen LogP contribution in [0, 0.1) is 0 Å². The van der Waals surface area contributed by atoms with Gasteiger partial charge < -0.3 is 20.3 Å². The third kappa shape index (κ3) is 55.5. The number of hydrogen-bond acceptors (Lipinski definition) is 5. The highest BCUT2D eigenvalue weighted by Gasteiger charge is 2.20. The van der Waals surface area contributed by atoms with Crippen molar-refractivity contribution in [3.8, 4) is 0 Å². The molecular formula is C63H121NO5. The number of ether oxygens (including phenoxy) is 1. The third-order valence-corrected chi connectivity index (χ3v) is 14.5. The van der Waals surface area contributed by atoms with Gasteiger partial charge in [0.25, 0.3) is 0 Å². The van der Waals surface area contributed by atoms with Gasteiger partial charge in [-0.2, -0.15) is 0 Å². The quantitative estimate of drug-likeness (QED) is 0.0321. The summed E-state index contributed by atoms with van der Waals surface area (Å²) in [4.78, 5) is 24.5. The summed E-state index contributed by atoms with van der Waals surface area (Å²) in [5.41, 5.74) is 0. The minimum atomic E-state index is -0.667. The van der Waals surface area contributed by atoms with Crippen LogP contribution in [0.4, 0.5) is 0 Å². The maximum Gasteiger partial charge on any atom is 0.305 e. The predicted octanol–water partition coefficient (Wildman–Crippen LogP) is 19.4. The Balaban J connectivity index is 3.41. The lowest BCUT2D eigenvalue weighted by atomic mass is 10.0. The Labute approximate surface area is 431 Å². The van der Waals surface area contributed by atoms with E-state index >= 15 is 0 Å². The Kier molecular flexibility index (Phi) is 57.5. The van der Waals surface area contributed by atoms with E-state index in [1.807, 2.05) is 0 Å². The van der Waals surface area contributed by atoms with Gasteiger partial charge in [-0.05, 0) is 57.8 Å². The maximum atomic E-state index is 12.5. The molecule has 0 rings (SSSR count). The van der Waals surface area contributed by atoms with E-state index in [1.165, 1.54) is 263 Å². The van der Waals surface area contributed by atoms with E-state index in [0.29, 0.717) is 25.9 Å². The fraction of sp³-hybridized carbons (Fsp3) is 0.905. The maximum absolute atomic E-state index is 12.5. The lowest BCUT2D eigenvalue weighted by Gasteiger charge is -2.22. The Hall–Kier alpha value is -1.66. The first-order valence-corrected chi connectivity index (χ1v) is 31.1. The monoisotopic (exact) mass is 972 g/mol. The number of aliphatic hydroxyl groups excluding tert-OH is 2. The van der Waals surface area contributed by atoms with E-state index in [4.69, 9.17) is 4.74 Å². The minimum absolute atomic E-state index is 0.0116. The van der Waals surface area contributed by atoms with E-state index in [2.05, 4.69) is 43.5 Å². The van der Waals surface area contributed by atoms with Crippen LogP contribution in [0.2, 0.25) is 0 Å². The van der Waals surface area contributed by atoms with Gasteiger partial charge >= 0.3 is 5.97 Å². The average molecular weight is 973 g/mol. The lowest BCUT2D eigenvalue weighted by molar-refractivity contribution is -0.143. The molecular weight excluding hydrogens is 851 g/mol. The van der Waals surface area contributed by atoms with E-state index in [0.717, 1.165) is 44.9 Å². The molecule has 0 saturated heterocycles. The number of hydrogen-bond donors (Lipinski definition) is 3. The Morgan fingerprint density at radius 2 is 0.725 bits per heavy atom. The largest absolute Gasteiger partial charge is 0.466 e. The van der Waals surface area contributed by atoms with Crippen molar-refractivity contribution in [3.63, 3.8) is 0 Å². The summed E-state index contributed by atoms with van der Waals surface area (Å²) in [6, 6.07) is -0.545. The molecule has 0 aliphatic rings. The molecule has 0 aliphatic heterocycles. The second kappa shape index (κ2) is 58.9. The summed E-state index contributed by atoms with van der Waals surface area (Å²) in [5.74, 6) is -0.0285. The van der Waals surface area contributed by atoms with Gasteiger partial charge in [-0.1, -0.05) is 295 Å². The highest BCUT2D eigenvalue weighted by molar-refractivity contribution is 5.76. The fourth-order valence-corrected chi connectivity index (χ4v) is 9.73. The molecule has 0 fully saturated rings. The van der Waals surface area contributed by atoms with Gasteiger partial charge in [-0.3, -0.25) is 9.59 Å². The van der Waals surface area contributed by atoms with Crippen LogP contribution < -0.4 is 5.32 Å². The number of amides is 1. The van der Waals surface area contributed by atoms with Gasteiger partial charge in [-0.25, -0.2) is 0 Å². The molecule has 6 nitrogen and oxygen atoms in total. The van der Waals surface area contributed by atoms with Crippen molar-refractivity contribution in [2.45, 2.75) is 353 Å². The first-order chi connectivity index (χ1) is 34.0. The zero-order valence-corrected chi connectivity index (χ0v) is 46.6. The van der Waals surface area contributed by atoms with Crippen molar-refractivity contribution in [2.75, 3.05) is 13.2 Å². The van der Waals surface area contributed by atoms with E-state index in [-0.39, 0.29) is 18.5 Å². The molecule has 0 spiro atoms. The standard InChI is InChI=1S/C63H121NO5/c1-3-5-7-9-11-13-15-17-33-37-41-45-49-53-57-63(68)69-58-54-50-46-42-38-34-30-28-26-24-22-20-18-19-21-23-25-27-29-32-36-40-44-48-52-56-62(67)64-60(59-65)61(66)55-51-47-43-39-35-31-16-14-12-10-8-6-4-2/h19-22,60-61,65-66H,3-18,23-59H2,1-2H3,(H,64,67)/b21-19-,22-20-. The van der Waals surface area contributed by atoms with Crippen LogP contribution in [-0.2, 0) is 14.3 Å². The second-order valence-corrected chi connectivity index (χ2v) is 21.4. The number of carbonyl (C=O) groups excluding carboxylic acids is 2. The second-order valence-electron chi connectivity index (χ2n) is 21.4. The van der Waals surface area contributed by atoms with E-state index < -0.39 is 12.1 Å². The zero-order chi connectivity index (χ0) is 50.0. The number of allylic oxidation sites excluding steroid dienone is 4. The van der Waals surface area contributed by atoms with Crippen molar-refractivity contribution in [1.82, 2.24) is 5.32 Å². The molecule has 2 unspecified atom stereocenters. The summed E-state index contributed by atoms with van der Waals surface area (Å²) < 4.78 is 5.48. The van der Waals surface area contributed by atoms with E-state index in [1.54, 1.807) is 0 Å². The molecule has 0 saturated carbocycles. The van der Waals surface area contributed by atoms with Crippen LogP contribution in [0.5, 0.6) is 0 Å². The SMILES string of the molecule is CCCCCCCCCCCCCCCCC(=O)OCCCCCCCCCCC/C=C\C/C=C\CCCCCCCCCCCC(=O)NC(CO)C(O)CCCCCCCCCCCCCCC. The number of rotatable bonds is 58. The zero-order valence-electron chi connectivity index (χ0n) is 46.6. The summed E-state index contributed by atoms with van der Waals surface area (Å²) in [5, 5.41) is 23.2. The molecule has 6 heteroatoms. The normalized spacial score (nSPS) is 12.7. The third-order valence-electron chi connectivity index (χ3n) is 14.5. The molecule has 0 aromatic heterocycles. The van der Waals surface area contributed by atoms with Gasteiger partial charge in [0.2, 0.25) is 5.91 Å². The Bertz CT molecular complexity index is 1080. The van der Waals surface area contributed by atoms with E-state index in [9.17, 15) is 19.8 Å². The van der Waals surface area contributed by atoms with Crippen LogP contribution in [0.3, 0.4) is 0 Å². The average Bonchev–Trinajstić information content (AvgIpc) is 3.35. The van der Waals surface area contributed by atoms with Crippen molar-refractivity contribution >= 4 is 11.9 Å². The molecule has 0 bridgehead atoms. The van der Waals surface area contributed by atoms with Gasteiger partial charge in [-0.15, -0.1) is 0 Å². The topological polar surface area (TPSA) is 95.9 Å². The van der Waals surface area contributed by atoms with Gasteiger partial charge in [0.15, 0.2) is 0 Å². The fourth-order valence-electron chi connectivity index (χ4n) is 9.73. The van der Waals surface area contributed by atoms with Crippen molar-refractivity contribution in [1.29, 1.82) is 0 Å². The highest BCUT2D eigenvalue weighted by atomic mass is 16.5. The molecule has 0 aromatic rings. The van der Waals surface area contributed by atoms with Crippen LogP contribution >= 0.6 is 0 Å². The molecule has 69 heavy (non-hydrogen) atoms. The van der Waals surface area contributed by atoms with Gasteiger partial charge in [0.1, 0.15) is 0 Å². The molecule has 0 radical (unpaired) electrons. The number of esters is 1. The van der Waals surface area contributed by atoms with Crippen LogP contribution in [0.25, 0.3) is 0 Å². The summed E-state index contributed by atoms with van der Waals surface area (Å²) in [6.07, 6.45) is 71.9. The lowest BCUT2D eigenvalue weighted by Crippen LogP contribution is -2.45. The number of nitrogens with one attached hydrogen (secondary N) is 1. The first kappa shape index (κ1) is 67.3. The first-order valence-electron chi connectivity index (χ1n) is 31.1. The van der Waals surface area contributed by atoms with Crippen LogP contribution in [0.1, 0.15) is 341 Å². The summed E-state index contributed by atoms with van der Waals surface area (Å²) in [6.45, 7) is 4.96. The molecule has 3 N–H and O–H groups in total. The van der Waals surface area contributed by atoms with Crippen LogP contribution in [-0.4, -0.2) is 47.4 Å².